The lowest BCUT2D eigenvalue weighted by Crippen LogP contribution is -2.21. The summed E-state index contributed by atoms with van der Waals surface area (Å²) >= 11 is 3.35. The van der Waals surface area contributed by atoms with Gasteiger partial charge in [0, 0.05) is 5.33 Å². The third-order valence-corrected chi connectivity index (χ3v) is 8.05. The molecule has 0 N–H and O–H groups in total. The predicted octanol–water partition coefficient (Wildman–Crippen LogP) is 5.34. The number of carbonyl (C=O) groups is 2. The van der Waals surface area contributed by atoms with Gasteiger partial charge in [0.2, 0.25) is 11.6 Å². The monoisotopic (exact) mass is 638 g/mol. The number of hydrogen-bond donors (Lipinski definition) is 0. The number of fused-ring (bicyclic) bond motifs is 8. The Balaban J connectivity index is 0.000000140. The summed E-state index contributed by atoms with van der Waals surface area (Å²) in [5.74, 6) is -1.81. The molecule has 4 aromatic carbocycles. The maximum atomic E-state index is 13.4. The normalized spacial score (nSPS) is 12.6. The molecule has 6 aromatic rings. The van der Waals surface area contributed by atoms with Crippen molar-refractivity contribution in [3.8, 4) is 11.4 Å². The molecule has 210 valence electrons. The van der Waals surface area contributed by atoms with Gasteiger partial charge in [0.05, 0.1) is 44.3 Å². The number of rotatable bonds is 1. The minimum atomic E-state index is -0.515. The molecule has 0 bridgehead atoms. The van der Waals surface area contributed by atoms with Crippen LogP contribution < -0.4 is 11.1 Å². The Morgan fingerprint density at radius 2 is 1.14 bits per heavy atom. The van der Waals surface area contributed by atoms with Crippen LogP contribution in [0.3, 0.4) is 0 Å². The molecule has 4 heterocycles. The molecular weight excluding hydrogens is 622 g/mol. The summed E-state index contributed by atoms with van der Waals surface area (Å²) in [5.41, 5.74) is 3.29. The molecule has 0 fully saturated rings. The van der Waals surface area contributed by atoms with Gasteiger partial charge in [-0.3, -0.25) is 28.3 Å². The van der Waals surface area contributed by atoms with Crippen LogP contribution in [0, 0.1) is 18.6 Å². The van der Waals surface area contributed by atoms with Crippen molar-refractivity contribution in [1.29, 1.82) is 0 Å². The average molecular weight is 639 g/mol. The first-order valence-electron chi connectivity index (χ1n) is 13.0. The van der Waals surface area contributed by atoms with Crippen LogP contribution in [0.5, 0.6) is 0 Å². The fraction of sp³-hybridized carbons (Fsp3) is 0.0625. The summed E-state index contributed by atoms with van der Waals surface area (Å²) in [6, 6.07) is 18.2. The Morgan fingerprint density at radius 1 is 0.651 bits per heavy atom. The molecule has 0 saturated carbocycles. The van der Waals surface area contributed by atoms with Crippen LogP contribution in [0.15, 0.2) is 82.4 Å². The lowest BCUT2D eigenvalue weighted by molar-refractivity contribution is 0.102. The van der Waals surface area contributed by atoms with Crippen LogP contribution in [0.2, 0.25) is 0 Å². The number of aromatic nitrogens is 4. The van der Waals surface area contributed by atoms with E-state index < -0.39 is 23.2 Å². The van der Waals surface area contributed by atoms with Crippen LogP contribution in [0.4, 0.5) is 8.78 Å². The number of halogens is 3. The van der Waals surface area contributed by atoms with E-state index in [1.807, 2.05) is 19.1 Å². The van der Waals surface area contributed by atoms with Crippen molar-refractivity contribution in [2.45, 2.75) is 12.3 Å². The Kier molecular flexibility index (Phi) is 6.03. The minimum absolute atomic E-state index is 0.0321. The molecule has 43 heavy (non-hydrogen) atoms. The summed E-state index contributed by atoms with van der Waals surface area (Å²) in [5, 5.41) is 1.50. The fourth-order valence-corrected chi connectivity index (χ4v) is 5.73. The molecule has 0 amide bonds. The van der Waals surface area contributed by atoms with Gasteiger partial charge in [0.25, 0.3) is 11.1 Å². The van der Waals surface area contributed by atoms with E-state index in [1.54, 1.807) is 24.3 Å². The van der Waals surface area contributed by atoms with E-state index in [2.05, 4.69) is 25.9 Å². The number of alkyl halides is 1. The van der Waals surface area contributed by atoms with Crippen molar-refractivity contribution in [2.75, 3.05) is 0 Å². The van der Waals surface area contributed by atoms with E-state index in [0.29, 0.717) is 38.5 Å². The van der Waals surface area contributed by atoms with Gasteiger partial charge >= 0.3 is 0 Å². The Morgan fingerprint density at radius 3 is 1.65 bits per heavy atom. The molecule has 0 radical (unpaired) electrons. The number of carbonyl (C=O) groups excluding carboxylic acids is 2. The SMILES string of the molecule is Cc1ccc2nc3n(c(=O)c2c1)-c1ccc(F)cc1C3=O.O=C1c2cc(F)ccc2-n2c1nc1ccc(CBr)cc1c2=O. The van der Waals surface area contributed by atoms with Crippen molar-refractivity contribution >= 4 is 49.3 Å². The van der Waals surface area contributed by atoms with Crippen LogP contribution in [0.25, 0.3) is 33.2 Å². The van der Waals surface area contributed by atoms with Crippen LogP contribution >= 0.6 is 15.9 Å². The fourth-order valence-electron chi connectivity index (χ4n) is 5.38. The van der Waals surface area contributed by atoms with E-state index in [4.69, 9.17) is 0 Å². The van der Waals surface area contributed by atoms with E-state index in [1.165, 1.54) is 33.4 Å². The lowest BCUT2D eigenvalue weighted by Gasteiger charge is -2.06. The summed E-state index contributed by atoms with van der Waals surface area (Å²) in [6.07, 6.45) is 0. The number of nitrogens with zero attached hydrogens (tertiary/aromatic N) is 4. The zero-order valence-electron chi connectivity index (χ0n) is 22.2. The number of aryl methyl sites for hydroxylation is 1. The Labute approximate surface area is 249 Å². The second-order valence-electron chi connectivity index (χ2n) is 10.1. The summed E-state index contributed by atoms with van der Waals surface area (Å²) in [4.78, 5) is 58.6. The molecule has 8 nitrogen and oxygen atoms in total. The lowest BCUT2D eigenvalue weighted by atomic mass is 10.1. The molecule has 0 atom stereocenters. The second-order valence-corrected chi connectivity index (χ2v) is 10.7. The molecule has 0 saturated heterocycles. The second kappa shape index (κ2) is 9.70. The molecule has 0 spiro atoms. The predicted molar refractivity (Wildman–Crippen MR) is 159 cm³/mol. The van der Waals surface area contributed by atoms with Gasteiger partial charge in [0.15, 0.2) is 11.6 Å². The first kappa shape index (κ1) is 26.7. The maximum Gasteiger partial charge on any atom is 0.266 e. The molecule has 2 aromatic heterocycles. The third-order valence-electron chi connectivity index (χ3n) is 7.41. The third kappa shape index (κ3) is 4.07. The zero-order chi connectivity index (χ0) is 30.2. The topological polar surface area (TPSA) is 104 Å². The molecule has 2 aliphatic heterocycles. The van der Waals surface area contributed by atoms with Crippen LogP contribution in [-0.2, 0) is 5.33 Å². The van der Waals surface area contributed by atoms with Gasteiger partial charge in [0.1, 0.15) is 11.6 Å². The highest BCUT2D eigenvalue weighted by Gasteiger charge is 2.32. The highest BCUT2D eigenvalue weighted by Crippen LogP contribution is 2.28. The maximum absolute atomic E-state index is 13.4. The molecular formula is C32H17BrF2N4O4. The van der Waals surface area contributed by atoms with Crippen molar-refractivity contribution in [2.24, 2.45) is 0 Å². The van der Waals surface area contributed by atoms with Gasteiger partial charge < -0.3 is 0 Å². The standard InChI is InChI=1S/C16H8BrFN2O2.C16H9FN2O2/c17-7-8-1-3-12-10(5-8)16(22)20-13-4-2-9(18)6-11(13)14(21)15(20)19-12;1-8-2-4-12-10(6-8)16(21)19-13-5-3-9(17)7-11(13)14(20)15(19)18-12/h1-6H,7H2;2-7H,1H3. The molecule has 8 rings (SSSR count). The minimum Gasteiger partial charge on any atom is -0.285 e. The van der Waals surface area contributed by atoms with Gasteiger partial charge in [-0.25, -0.2) is 18.7 Å². The van der Waals surface area contributed by atoms with E-state index >= 15 is 0 Å². The smallest absolute Gasteiger partial charge is 0.266 e. The highest BCUT2D eigenvalue weighted by molar-refractivity contribution is 9.08. The Bertz CT molecular complexity index is 2360. The molecule has 0 aliphatic carbocycles. The zero-order valence-corrected chi connectivity index (χ0v) is 23.8. The number of hydrogen-bond acceptors (Lipinski definition) is 6. The van der Waals surface area contributed by atoms with E-state index in [0.717, 1.165) is 23.3 Å². The van der Waals surface area contributed by atoms with Gasteiger partial charge in [-0.1, -0.05) is 33.6 Å². The first-order chi connectivity index (χ1) is 20.7. The molecule has 2 aliphatic rings. The van der Waals surface area contributed by atoms with E-state index in [9.17, 15) is 28.0 Å². The van der Waals surface area contributed by atoms with E-state index in [-0.39, 0.29) is 33.9 Å². The number of ketones is 2. The molecule has 11 heteroatoms. The average Bonchev–Trinajstić information content (AvgIpc) is 3.44. The molecule has 0 unspecified atom stereocenters. The summed E-state index contributed by atoms with van der Waals surface area (Å²) in [6.45, 7) is 1.88. The van der Waals surface area contributed by atoms with Crippen molar-refractivity contribution in [3.63, 3.8) is 0 Å². The largest absolute Gasteiger partial charge is 0.285 e. The van der Waals surface area contributed by atoms with Gasteiger partial charge in [-0.05, 0) is 73.2 Å². The van der Waals surface area contributed by atoms with Crippen LogP contribution in [-0.4, -0.2) is 30.7 Å². The van der Waals surface area contributed by atoms with Gasteiger partial charge in [-0.2, -0.15) is 0 Å². The van der Waals surface area contributed by atoms with Crippen molar-refractivity contribution in [1.82, 2.24) is 19.1 Å². The van der Waals surface area contributed by atoms with Crippen molar-refractivity contribution in [3.05, 3.63) is 139 Å². The highest BCUT2D eigenvalue weighted by atomic mass is 79.9. The quantitative estimate of drug-likeness (QED) is 0.225. The van der Waals surface area contributed by atoms with Crippen LogP contribution in [0.1, 0.15) is 43.5 Å². The Hall–Kier alpha value is -5.16. The number of benzene rings is 4. The van der Waals surface area contributed by atoms with Crippen molar-refractivity contribution < 1.29 is 18.4 Å². The first-order valence-corrected chi connectivity index (χ1v) is 14.1. The summed E-state index contributed by atoms with van der Waals surface area (Å²) < 4.78 is 29.2. The van der Waals surface area contributed by atoms with Gasteiger partial charge in [-0.15, -0.1) is 0 Å². The summed E-state index contributed by atoms with van der Waals surface area (Å²) in [7, 11) is 0.